The molecule has 0 aliphatic carbocycles. The number of nitrogens with zero attached hydrogens (tertiary/aromatic N) is 1. The Morgan fingerprint density at radius 1 is 1.14 bits per heavy atom. The third-order valence-electron chi connectivity index (χ3n) is 4.52. The first-order valence-corrected chi connectivity index (χ1v) is 9.50. The summed E-state index contributed by atoms with van der Waals surface area (Å²) < 4.78 is 6.13. The van der Waals surface area contributed by atoms with Gasteiger partial charge in [0.15, 0.2) is 5.75 Å². The second-order valence-corrected chi connectivity index (χ2v) is 8.48. The maximum atomic E-state index is 10.9. The molecule has 0 fully saturated rings. The van der Waals surface area contributed by atoms with E-state index in [1.54, 1.807) is 12.1 Å². The number of fused-ring (bicyclic) bond motifs is 1. The van der Waals surface area contributed by atoms with Gasteiger partial charge in [0.05, 0.1) is 10.6 Å². The lowest BCUT2D eigenvalue weighted by Crippen LogP contribution is -2.30. The van der Waals surface area contributed by atoms with Gasteiger partial charge in [0.25, 0.3) is 5.69 Å². The predicted octanol–water partition coefficient (Wildman–Crippen LogP) is 5.39. The maximum absolute atomic E-state index is 10.9. The molecule has 2 aromatic carbocycles. The van der Waals surface area contributed by atoms with Crippen LogP contribution in [0.5, 0.6) is 5.75 Å². The zero-order valence-electron chi connectivity index (χ0n) is 16.8. The van der Waals surface area contributed by atoms with Gasteiger partial charge in [-0.3, -0.25) is 10.1 Å². The number of hydrogen-bond acceptors (Lipinski definition) is 5. The first kappa shape index (κ1) is 19.7. The number of rotatable bonds is 6. The van der Waals surface area contributed by atoms with Crippen molar-refractivity contribution in [1.82, 2.24) is 5.32 Å². The molecule has 2 N–H and O–H groups in total. The summed E-state index contributed by atoms with van der Waals surface area (Å²) in [6.45, 7) is 9.70. The van der Waals surface area contributed by atoms with Crippen molar-refractivity contribution in [2.45, 2.75) is 34.1 Å². The van der Waals surface area contributed by atoms with Crippen LogP contribution in [0.15, 0.2) is 54.4 Å². The molecule has 0 bridgehead atoms. The van der Waals surface area contributed by atoms with Crippen LogP contribution in [-0.4, -0.2) is 11.5 Å². The van der Waals surface area contributed by atoms with Crippen LogP contribution in [0.25, 0.3) is 5.70 Å². The van der Waals surface area contributed by atoms with E-state index in [0.717, 1.165) is 35.7 Å². The summed E-state index contributed by atoms with van der Waals surface area (Å²) in [5.41, 5.74) is 2.79. The summed E-state index contributed by atoms with van der Waals surface area (Å²) in [5, 5.41) is 17.8. The van der Waals surface area contributed by atoms with Gasteiger partial charge < -0.3 is 15.4 Å². The molecule has 1 unspecified atom stereocenters. The zero-order chi connectivity index (χ0) is 20.3. The van der Waals surface area contributed by atoms with E-state index in [4.69, 9.17) is 4.74 Å². The zero-order valence-corrected chi connectivity index (χ0v) is 16.8. The summed E-state index contributed by atoms with van der Waals surface area (Å²) in [6, 6.07) is 14.2. The van der Waals surface area contributed by atoms with Crippen LogP contribution in [0.3, 0.4) is 0 Å². The number of nitrogens with one attached hydrogen (secondary N) is 2. The molecule has 1 atom stereocenters. The Kier molecular flexibility index (Phi) is 5.58. The van der Waals surface area contributed by atoms with Crippen molar-refractivity contribution in [2.75, 3.05) is 11.9 Å². The van der Waals surface area contributed by atoms with E-state index >= 15 is 0 Å². The molecule has 28 heavy (non-hydrogen) atoms. The standard InChI is InChI=1S/C22H27N3O3/c1-15(13-22(2,3)4)14-23-21-20(16-9-11-17(12-10-16)25(26)27)24-18-7-5-6-8-19(18)28-21/h5-12,15,23-24H,13-14H2,1-4H3. The molecular formula is C22H27N3O3. The number of hydrogen-bond donors (Lipinski definition) is 2. The maximum Gasteiger partial charge on any atom is 0.269 e. The molecule has 0 amide bonds. The number of nitro groups is 1. The number of benzene rings is 2. The molecule has 6 nitrogen and oxygen atoms in total. The van der Waals surface area contributed by atoms with Crippen LogP contribution in [0.2, 0.25) is 0 Å². The van der Waals surface area contributed by atoms with Crippen molar-refractivity contribution < 1.29 is 9.66 Å². The number of nitro benzene ring substituents is 1. The molecule has 1 aliphatic rings. The van der Waals surface area contributed by atoms with Gasteiger partial charge in [0.1, 0.15) is 5.70 Å². The van der Waals surface area contributed by atoms with Crippen LogP contribution in [0, 0.1) is 21.4 Å². The van der Waals surface area contributed by atoms with E-state index in [-0.39, 0.29) is 11.1 Å². The minimum absolute atomic E-state index is 0.0646. The topological polar surface area (TPSA) is 76.4 Å². The molecule has 148 valence electrons. The van der Waals surface area contributed by atoms with Crippen molar-refractivity contribution in [3.05, 3.63) is 70.1 Å². The van der Waals surface area contributed by atoms with Crippen molar-refractivity contribution in [3.8, 4) is 5.75 Å². The molecule has 0 radical (unpaired) electrons. The van der Waals surface area contributed by atoms with Gasteiger partial charge in [0.2, 0.25) is 5.88 Å². The highest BCUT2D eigenvalue weighted by atomic mass is 16.6. The van der Waals surface area contributed by atoms with Crippen LogP contribution in [0.1, 0.15) is 39.7 Å². The molecule has 0 spiro atoms. The Hall–Kier alpha value is -3.02. The van der Waals surface area contributed by atoms with E-state index in [1.165, 1.54) is 12.1 Å². The molecule has 0 saturated heterocycles. The SMILES string of the molecule is CC(CNC1=C(c2ccc([N+](=O)[O-])cc2)Nc2ccccc2O1)CC(C)(C)C. The lowest BCUT2D eigenvalue weighted by molar-refractivity contribution is -0.384. The molecular weight excluding hydrogens is 354 g/mol. The van der Waals surface area contributed by atoms with Gasteiger partial charge in [0, 0.05) is 24.2 Å². The van der Waals surface area contributed by atoms with Crippen LogP contribution >= 0.6 is 0 Å². The average Bonchev–Trinajstić information content (AvgIpc) is 2.64. The molecule has 6 heteroatoms. The van der Waals surface area contributed by atoms with Gasteiger partial charge in [-0.2, -0.15) is 0 Å². The number of anilines is 1. The summed E-state index contributed by atoms with van der Waals surface area (Å²) >= 11 is 0. The van der Waals surface area contributed by atoms with Crippen molar-refractivity contribution in [1.29, 1.82) is 0 Å². The van der Waals surface area contributed by atoms with E-state index in [2.05, 4.69) is 38.3 Å². The first-order chi connectivity index (χ1) is 13.2. The lowest BCUT2D eigenvalue weighted by Gasteiger charge is -2.28. The second kappa shape index (κ2) is 7.92. The third kappa shape index (κ3) is 4.82. The molecule has 2 aromatic rings. The van der Waals surface area contributed by atoms with Gasteiger partial charge in [-0.1, -0.05) is 39.8 Å². The highest BCUT2D eigenvalue weighted by Crippen LogP contribution is 2.35. The van der Waals surface area contributed by atoms with E-state index in [0.29, 0.717) is 11.8 Å². The van der Waals surface area contributed by atoms with Crippen molar-refractivity contribution in [2.24, 2.45) is 11.3 Å². The van der Waals surface area contributed by atoms with Crippen LogP contribution in [0.4, 0.5) is 11.4 Å². The van der Waals surface area contributed by atoms with Crippen molar-refractivity contribution >= 4 is 17.1 Å². The Morgan fingerprint density at radius 3 is 2.46 bits per heavy atom. The van der Waals surface area contributed by atoms with Gasteiger partial charge in [-0.05, 0) is 42.0 Å². The largest absolute Gasteiger partial charge is 0.437 e. The summed E-state index contributed by atoms with van der Waals surface area (Å²) in [5.74, 6) is 1.85. The molecule has 1 aliphatic heterocycles. The Bertz CT molecular complexity index is 883. The Balaban J connectivity index is 1.87. The highest BCUT2D eigenvalue weighted by molar-refractivity contribution is 5.83. The molecule has 1 heterocycles. The van der Waals surface area contributed by atoms with Gasteiger partial charge in [-0.15, -0.1) is 0 Å². The van der Waals surface area contributed by atoms with E-state index in [9.17, 15) is 10.1 Å². The number of para-hydroxylation sites is 2. The van der Waals surface area contributed by atoms with E-state index in [1.807, 2.05) is 24.3 Å². The monoisotopic (exact) mass is 381 g/mol. The van der Waals surface area contributed by atoms with E-state index < -0.39 is 4.92 Å². The summed E-state index contributed by atoms with van der Waals surface area (Å²) in [4.78, 5) is 10.6. The quantitative estimate of drug-likeness (QED) is 0.518. The highest BCUT2D eigenvalue weighted by Gasteiger charge is 2.22. The fourth-order valence-electron chi connectivity index (χ4n) is 3.47. The number of non-ortho nitro benzene ring substituents is 1. The van der Waals surface area contributed by atoms with Gasteiger partial charge in [-0.25, -0.2) is 0 Å². The van der Waals surface area contributed by atoms with Crippen molar-refractivity contribution in [3.63, 3.8) is 0 Å². The number of ether oxygens (including phenoxy) is 1. The van der Waals surface area contributed by atoms with Crippen LogP contribution < -0.4 is 15.4 Å². The Morgan fingerprint density at radius 2 is 1.82 bits per heavy atom. The molecule has 0 saturated carbocycles. The minimum Gasteiger partial charge on any atom is -0.437 e. The smallest absolute Gasteiger partial charge is 0.269 e. The molecule has 0 aromatic heterocycles. The fourth-order valence-corrected chi connectivity index (χ4v) is 3.47. The predicted molar refractivity (Wildman–Crippen MR) is 112 cm³/mol. The average molecular weight is 381 g/mol. The normalized spacial score (nSPS) is 14.6. The summed E-state index contributed by atoms with van der Waals surface area (Å²) in [7, 11) is 0. The van der Waals surface area contributed by atoms with Gasteiger partial charge >= 0.3 is 0 Å². The molecule has 3 rings (SSSR count). The second-order valence-electron chi connectivity index (χ2n) is 8.48. The minimum atomic E-state index is -0.397. The summed E-state index contributed by atoms with van der Waals surface area (Å²) in [6.07, 6.45) is 1.09. The lowest BCUT2D eigenvalue weighted by atomic mass is 9.85. The Labute approximate surface area is 165 Å². The fraction of sp³-hybridized carbons (Fsp3) is 0.364. The first-order valence-electron chi connectivity index (χ1n) is 9.50. The third-order valence-corrected chi connectivity index (χ3v) is 4.52. The van der Waals surface area contributed by atoms with Crippen LogP contribution in [-0.2, 0) is 0 Å².